The first kappa shape index (κ1) is 20.6. The van der Waals surface area contributed by atoms with Gasteiger partial charge < -0.3 is 4.57 Å². The molecule has 3 aromatic rings. The Morgan fingerprint density at radius 1 is 1.21 bits per heavy atom. The third-order valence-corrected chi connectivity index (χ3v) is 4.87. The number of carbonyl (C=O) groups excluding carboxylic acids is 1. The molecule has 0 aliphatic rings. The Morgan fingerprint density at radius 2 is 1.86 bits per heavy atom. The number of aryl methyl sites for hydroxylation is 1. The van der Waals surface area contributed by atoms with Crippen LogP contribution in [-0.2, 0) is 17.9 Å². The number of allylic oxidation sites excluding steroid dienone is 1. The van der Waals surface area contributed by atoms with Crippen LogP contribution in [0.5, 0.6) is 0 Å². The highest BCUT2D eigenvalue weighted by Crippen LogP contribution is 2.30. The molecular weight excluding hydrogens is 386 g/mol. The van der Waals surface area contributed by atoms with Gasteiger partial charge in [0.2, 0.25) is 0 Å². The lowest BCUT2D eigenvalue weighted by molar-refractivity contribution is -0.170. The molecule has 1 aromatic carbocycles. The molecule has 0 N–H and O–H groups in total. The molecule has 0 saturated heterocycles. The maximum atomic E-state index is 13.3. The molecule has 0 atom stereocenters. The highest BCUT2D eigenvalue weighted by atomic mass is 19.4. The number of hydrogen-bond acceptors (Lipinski definition) is 2. The number of pyridine rings is 1. The van der Waals surface area contributed by atoms with Crippen LogP contribution < -0.4 is 4.90 Å². The second-order valence-corrected chi connectivity index (χ2v) is 6.63. The molecule has 0 fully saturated rings. The predicted octanol–water partition coefficient (Wildman–Crippen LogP) is 5.07. The van der Waals surface area contributed by atoms with E-state index >= 15 is 0 Å². The van der Waals surface area contributed by atoms with Crippen molar-refractivity contribution in [2.24, 2.45) is 0 Å². The van der Waals surface area contributed by atoms with E-state index in [-0.39, 0.29) is 5.69 Å². The summed E-state index contributed by atoms with van der Waals surface area (Å²) in [5.74, 6) is -2.65. The number of halogens is 4. The normalized spacial score (nSPS) is 11.7. The molecule has 0 spiro atoms. The van der Waals surface area contributed by atoms with E-state index in [2.05, 4.69) is 11.6 Å². The summed E-state index contributed by atoms with van der Waals surface area (Å²) in [6.45, 7) is 7.58. The molecule has 0 unspecified atom stereocenters. The Balaban J connectivity index is 2.16. The van der Waals surface area contributed by atoms with Gasteiger partial charge in [-0.25, -0.2) is 4.39 Å². The highest BCUT2D eigenvalue weighted by Gasteiger charge is 2.43. The fourth-order valence-electron chi connectivity index (χ4n) is 3.34. The van der Waals surface area contributed by atoms with E-state index in [9.17, 15) is 22.4 Å². The number of nitrogens with zero attached hydrogens (tertiary/aromatic N) is 3. The van der Waals surface area contributed by atoms with Crippen molar-refractivity contribution in [2.75, 3.05) is 4.90 Å². The van der Waals surface area contributed by atoms with Crippen molar-refractivity contribution in [3.05, 3.63) is 72.0 Å². The smallest absolute Gasteiger partial charge is 0.339 e. The van der Waals surface area contributed by atoms with Crippen molar-refractivity contribution < 1.29 is 22.4 Å². The molecule has 2 heterocycles. The van der Waals surface area contributed by atoms with Gasteiger partial charge in [0.1, 0.15) is 5.82 Å². The number of aromatic nitrogens is 2. The number of carbonyl (C=O) groups is 1. The summed E-state index contributed by atoms with van der Waals surface area (Å²) in [5.41, 5.74) is 2.79. The van der Waals surface area contributed by atoms with Crippen molar-refractivity contribution in [3.8, 4) is 0 Å². The van der Waals surface area contributed by atoms with Gasteiger partial charge in [0.05, 0.1) is 17.8 Å². The molecule has 1 amide bonds. The minimum absolute atomic E-state index is 0.0669. The largest absolute Gasteiger partial charge is 0.471 e. The summed E-state index contributed by atoms with van der Waals surface area (Å²) in [6, 6.07) is 6.08. The van der Waals surface area contributed by atoms with Gasteiger partial charge in [-0.05, 0) is 49.7 Å². The van der Waals surface area contributed by atoms with Crippen LogP contribution in [0.2, 0.25) is 0 Å². The van der Waals surface area contributed by atoms with Crippen LogP contribution in [0.4, 0.5) is 23.2 Å². The number of hydrogen-bond donors (Lipinski definition) is 0. The molecule has 2 aromatic heterocycles. The molecule has 0 radical (unpaired) electrons. The minimum atomic E-state index is -5.09. The Morgan fingerprint density at radius 3 is 2.45 bits per heavy atom. The third kappa shape index (κ3) is 3.87. The van der Waals surface area contributed by atoms with Gasteiger partial charge in [-0.2, -0.15) is 13.2 Å². The molecule has 29 heavy (non-hydrogen) atoms. The summed E-state index contributed by atoms with van der Waals surface area (Å²) in [7, 11) is 0. The summed E-state index contributed by atoms with van der Waals surface area (Å²) < 4.78 is 54.9. The minimum Gasteiger partial charge on any atom is -0.339 e. The zero-order chi connectivity index (χ0) is 21.3. The van der Waals surface area contributed by atoms with E-state index in [0.29, 0.717) is 22.7 Å². The molecular formula is C21H19F4N3O. The Hall–Kier alpha value is -3.16. The fourth-order valence-corrected chi connectivity index (χ4v) is 3.34. The van der Waals surface area contributed by atoms with Crippen molar-refractivity contribution in [1.29, 1.82) is 0 Å². The molecule has 4 nitrogen and oxygen atoms in total. The maximum Gasteiger partial charge on any atom is 0.471 e. The van der Waals surface area contributed by atoms with E-state index in [1.54, 1.807) is 12.1 Å². The van der Waals surface area contributed by atoms with E-state index in [4.69, 9.17) is 0 Å². The Labute approximate surface area is 165 Å². The first-order chi connectivity index (χ1) is 13.6. The average Bonchev–Trinajstić information content (AvgIpc) is 2.92. The summed E-state index contributed by atoms with van der Waals surface area (Å²) in [5, 5.41) is 0.841. The van der Waals surface area contributed by atoms with Crippen LogP contribution in [0.15, 0.2) is 49.2 Å². The lowest BCUT2D eigenvalue weighted by atomic mass is 10.1. The SMILES string of the molecule is C=CCn1c(C)c(C)c2ccnc(CN(C(=O)C(F)(F)F)c3ccc(F)cc3)c21. The van der Waals surface area contributed by atoms with E-state index in [1.807, 2.05) is 18.4 Å². The maximum absolute atomic E-state index is 13.3. The number of anilines is 1. The van der Waals surface area contributed by atoms with Crippen LogP contribution in [0.25, 0.3) is 10.9 Å². The van der Waals surface area contributed by atoms with E-state index < -0.39 is 24.4 Å². The van der Waals surface area contributed by atoms with Crippen molar-refractivity contribution >= 4 is 22.5 Å². The van der Waals surface area contributed by atoms with Gasteiger partial charge in [-0.1, -0.05) is 6.08 Å². The summed E-state index contributed by atoms with van der Waals surface area (Å²) in [4.78, 5) is 17.0. The molecule has 8 heteroatoms. The van der Waals surface area contributed by atoms with Crippen molar-refractivity contribution in [2.45, 2.75) is 33.1 Å². The van der Waals surface area contributed by atoms with Gasteiger partial charge in [-0.3, -0.25) is 14.7 Å². The first-order valence-corrected chi connectivity index (χ1v) is 8.83. The molecule has 0 aliphatic heterocycles. The second-order valence-electron chi connectivity index (χ2n) is 6.63. The van der Waals surface area contributed by atoms with Crippen molar-refractivity contribution in [3.63, 3.8) is 0 Å². The fraction of sp³-hybridized carbons (Fsp3) is 0.238. The first-order valence-electron chi connectivity index (χ1n) is 8.83. The quantitative estimate of drug-likeness (QED) is 0.439. The average molecular weight is 405 g/mol. The molecule has 152 valence electrons. The van der Waals surface area contributed by atoms with Gasteiger partial charge in [-0.15, -0.1) is 6.58 Å². The molecule has 3 rings (SSSR count). The van der Waals surface area contributed by atoms with Crippen LogP contribution in [-0.4, -0.2) is 21.6 Å². The number of fused-ring (bicyclic) bond motifs is 1. The molecule has 0 bridgehead atoms. The standard InChI is InChI=1S/C21H19F4N3O/c1-4-11-27-14(3)13(2)17-9-10-26-18(19(17)27)12-28(20(29)21(23,24)25)16-7-5-15(22)6-8-16/h4-10H,1,11-12H2,2-3H3. The van der Waals surface area contributed by atoms with Gasteiger partial charge in [0.15, 0.2) is 0 Å². The van der Waals surface area contributed by atoms with Crippen LogP contribution >= 0.6 is 0 Å². The zero-order valence-electron chi connectivity index (χ0n) is 15.9. The zero-order valence-corrected chi connectivity index (χ0v) is 15.9. The molecule has 0 saturated carbocycles. The Kier molecular flexibility index (Phi) is 5.46. The number of benzene rings is 1. The van der Waals surface area contributed by atoms with Gasteiger partial charge in [0.25, 0.3) is 0 Å². The van der Waals surface area contributed by atoms with E-state index in [0.717, 1.165) is 40.9 Å². The van der Waals surface area contributed by atoms with Crippen LogP contribution in [0.3, 0.4) is 0 Å². The molecule has 0 aliphatic carbocycles. The topological polar surface area (TPSA) is 38.1 Å². The third-order valence-electron chi connectivity index (χ3n) is 4.87. The van der Waals surface area contributed by atoms with Crippen LogP contribution in [0, 0.1) is 19.7 Å². The monoisotopic (exact) mass is 405 g/mol. The second kappa shape index (κ2) is 7.69. The summed E-state index contributed by atoms with van der Waals surface area (Å²) >= 11 is 0. The van der Waals surface area contributed by atoms with Gasteiger partial charge >= 0.3 is 12.1 Å². The lowest BCUT2D eigenvalue weighted by Crippen LogP contribution is -2.41. The van der Waals surface area contributed by atoms with Crippen LogP contribution in [0.1, 0.15) is 17.0 Å². The predicted molar refractivity (Wildman–Crippen MR) is 103 cm³/mol. The highest BCUT2D eigenvalue weighted by molar-refractivity contribution is 5.98. The van der Waals surface area contributed by atoms with E-state index in [1.165, 1.54) is 6.20 Å². The number of alkyl halides is 3. The summed E-state index contributed by atoms with van der Waals surface area (Å²) in [6.07, 6.45) is -1.90. The lowest BCUT2D eigenvalue weighted by Gasteiger charge is -2.24. The van der Waals surface area contributed by atoms with Gasteiger partial charge in [0, 0.05) is 29.5 Å². The number of rotatable bonds is 5. The Bertz CT molecular complexity index is 1070. The van der Waals surface area contributed by atoms with Crippen molar-refractivity contribution in [1.82, 2.24) is 9.55 Å². The number of amides is 1.